The van der Waals surface area contributed by atoms with Crippen LogP contribution in [0.4, 0.5) is 14.5 Å². The molecule has 0 spiro atoms. The Labute approximate surface area is 159 Å². The van der Waals surface area contributed by atoms with Crippen LogP contribution in [0, 0.1) is 22.3 Å². The smallest absolute Gasteiger partial charge is 0.272 e. The molecule has 8 heteroatoms. The van der Waals surface area contributed by atoms with Crippen LogP contribution in [0.15, 0.2) is 35.4 Å². The molecule has 0 fully saturated rings. The third-order valence-electron chi connectivity index (χ3n) is 4.29. The summed E-state index contributed by atoms with van der Waals surface area (Å²) in [7, 11) is 0.766. The Kier molecular flexibility index (Phi) is 5.57. The second-order valence-electron chi connectivity index (χ2n) is 6.97. The van der Waals surface area contributed by atoms with Gasteiger partial charge in [0.25, 0.3) is 5.91 Å². The lowest BCUT2D eigenvalue weighted by atomic mass is 10.0. The molecule has 1 amide bonds. The summed E-state index contributed by atoms with van der Waals surface area (Å²) < 4.78 is 39.9. The number of nitrogens with one attached hydrogen (secondary N) is 3. The highest BCUT2D eigenvalue weighted by Crippen LogP contribution is 2.27. The average Bonchev–Trinajstić information content (AvgIpc) is 2.84. The molecule has 1 aromatic heterocycles. The Balaban J connectivity index is 1.92. The first-order valence-electron chi connectivity index (χ1n) is 8.62. The van der Waals surface area contributed by atoms with Crippen molar-refractivity contribution in [2.24, 2.45) is 13.0 Å². The van der Waals surface area contributed by atoms with Gasteiger partial charge in [0.2, 0.25) is 0 Å². The van der Waals surface area contributed by atoms with Crippen molar-refractivity contribution in [3.8, 4) is 0 Å². The van der Waals surface area contributed by atoms with Gasteiger partial charge in [-0.05, 0) is 35.3 Å². The van der Waals surface area contributed by atoms with E-state index in [0.29, 0.717) is 17.2 Å². The standard InChI is InChI=1S/C19H22F2N4OS/c1-11(2)8-13-4-6-14-17(27(22)24-13)10-25(3)18(14)19(26)23-12-5-7-15(20)16(21)9-12/h4-7,9-11,13H,8H2,1-3H3,(H2,22,24)(H,23,26). The molecule has 1 aliphatic rings. The maximum Gasteiger partial charge on any atom is 0.272 e. The summed E-state index contributed by atoms with van der Waals surface area (Å²) in [5, 5.41) is 2.60. The number of carbonyl (C=O) groups excluding carboxylic acids is 1. The Morgan fingerprint density at radius 2 is 2.11 bits per heavy atom. The molecule has 1 aliphatic heterocycles. The number of anilines is 1. The molecule has 0 aliphatic carbocycles. The molecule has 2 unspecified atom stereocenters. The highest BCUT2D eigenvalue weighted by Gasteiger charge is 2.24. The van der Waals surface area contributed by atoms with Crippen molar-refractivity contribution in [3.05, 3.63) is 53.4 Å². The molecule has 0 radical (unpaired) electrons. The molecule has 144 valence electrons. The van der Waals surface area contributed by atoms with E-state index in [4.69, 9.17) is 4.78 Å². The fourth-order valence-electron chi connectivity index (χ4n) is 3.09. The number of halogens is 2. The summed E-state index contributed by atoms with van der Waals surface area (Å²) in [6, 6.07) is 3.28. The molecule has 2 heterocycles. The molecule has 0 saturated heterocycles. The number of hydrogen-bond acceptors (Lipinski definition) is 2. The maximum absolute atomic E-state index is 13.4. The van der Waals surface area contributed by atoms with Crippen molar-refractivity contribution < 1.29 is 13.6 Å². The quantitative estimate of drug-likeness (QED) is 0.728. The lowest BCUT2D eigenvalue weighted by Crippen LogP contribution is -2.28. The first-order chi connectivity index (χ1) is 12.8. The Hall–Kier alpha value is -2.32. The minimum absolute atomic E-state index is 0.0608. The Bertz CT molecular complexity index is 936. The molecule has 3 rings (SSSR count). The van der Waals surface area contributed by atoms with E-state index in [-0.39, 0.29) is 11.7 Å². The van der Waals surface area contributed by atoms with Gasteiger partial charge in [-0.3, -0.25) is 9.57 Å². The fraction of sp³-hybridized carbons (Fsp3) is 0.316. The van der Waals surface area contributed by atoms with Crippen LogP contribution in [-0.4, -0.2) is 16.5 Å². The van der Waals surface area contributed by atoms with Crippen LogP contribution in [0.3, 0.4) is 0 Å². The predicted octanol–water partition coefficient (Wildman–Crippen LogP) is 4.24. The molecule has 3 N–H and O–H groups in total. The average molecular weight is 392 g/mol. The minimum atomic E-state index is -1.02. The van der Waals surface area contributed by atoms with E-state index in [1.807, 2.05) is 12.2 Å². The van der Waals surface area contributed by atoms with Crippen LogP contribution in [0.2, 0.25) is 0 Å². The highest BCUT2D eigenvalue weighted by molar-refractivity contribution is 7.84. The second-order valence-corrected chi connectivity index (χ2v) is 8.26. The molecular formula is C19H22F2N4OS. The zero-order valence-electron chi connectivity index (χ0n) is 15.3. The molecule has 0 saturated carbocycles. The number of benzene rings is 1. The van der Waals surface area contributed by atoms with Crippen molar-refractivity contribution in [1.82, 2.24) is 9.29 Å². The van der Waals surface area contributed by atoms with E-state index in [1.54, 1.807) is 17.8 Å². The number of nitrogens with zero attached hydrogens (tertiary/aromatic N) is 1. The zero-order valence-corrected chi connectivity index (χ0v) is 16.2. The van der Waals surface area contributed by atoms with Crippen LogP contribution in [0.1, 0.15) is 36.3 Å². The van der Waals surface area contributed by atoms with Gasteiger partial charge in [-0.15, -0.1) is 0 Å². The van der Waals surface area contributed by atoms with Crippen LogP contribution in [-0.2, 0) is 17.9 Å². The topological polar surface area (TPSA) is 69.9 Å². The van der Waals surface area contributed by atoms with Gasteiger partial charge >= 0.3 is 0 Å². The van der Waals surface area contributed by atoms with Crippen LogP contribution in [0.25, 0.3) is 6.08 Å². The molecule has 27 heavy (non-hydrogen) atoms. The van der Waals surface area contributed by atoms with E-state index < -0.39 is 28.4 Å². The highest BCUT2D eigenvalue weighted by atomic mass is 32.2. The SMILES string of the molecule is CC(C)CC1C=Cc2c(cn(C)c2C(=O)Nc2ccc(F)c(F)c2)S(=N)N1. The first kappa shape index (κ1) is 19.4. The van der Waals surface area contributed by atoms with Crippen molar-refractivity contribution >= 4 is 28.5 Å². The van der Waals surface area contributed by atoms with Gasteiger partial charge in [0.1, 0.15) is 5.69 Å². The molecule has 5 nitrogen and oxygen atoms in total. The molecule has 0 bridgehead atoms. The van der Waals surface area contributed by atoms with Gasteiger partial charge in [-0.2, -0.15) is 0 Å². The first-order valence-corrected chi connectivity index (χ1v) is 9.84. The molecular weight excluding hydrogens is 370 g/mol. The second kappa shape index (κ2) is 7.74. The van der Waals surface area contributed by atoms with Crippen LogP contribution < -0.4 is 10.0 Å². The van der Waals surface area contributed by atoms with Crippen molar-refractivity contribution in [2.75, 3.05) is 5.32 Å². The normalized spacial score (nSPS) is 19.0. The monoisotopic (exact) mass is 392 g/mol. The van der Waals surface area contributed by atoms with Crippen molar-refractivity contribution in [2.45, 2.75) is 31.2 Å². The van der Waals surface area contributed by atoms with E-state index >= 15 is 0 Å². The number of aromatic nitrogens is 1. The summed E-state index contributed by atoms with van der Waals surface area (Å²) >= 11 is 0. The molecule has 2 atom stereocenters. The summed E-state index contributed by atoms with van der Waals surface area (Å²) in [6.07, 6.45) is 6.51. The van der Waals surface area contributed by atoms with Crippen LogP contribution in [0.5, 0.6) is 0 Å². The van der Waals surface area contributed by atoms with E-state index in [1.165, 1.54) is 6.07 Å². The third-order valence-corrected chi connectivity index (χ3v) is 5.59. The van der Waals surface area contributed by atoms with Gasteiger partial charge in [-0.1, -0.05) is 26.0 Å². The van der Waals surface area contributed by atoms with Crippen LogP contribution >= 0.6 is 0 Å². The largest absolute Gasteiger partial charge is 0.345 e. The Morgan fingerprint density at radius 3 is 2.78 bits per heavy atom. The third kappa shape index (κ3) is 4.17. The number of amides is 1. The molecule has 2 aromatic rings. The van der Waals surface area contributed by atoms with Crippen molar-refractivity contribution in [1.29, 1.82) is 4.78 Å². The lowest BCUT2D eigenvalue weighted by molar-refractivity contribution is 0.101. The number of fused-ring (bicyclic) bond motifs is 1. The van der Waals surface area contributed by atoms with Gasteiger partial charge in [-0.25, -0.2) is 13.5 Å². The van der Waals surface area contributed by atoms with Gasteiger partial charge in [0.15, 0.2) is 11.6 Å². The summed E-state index contributed by atoms with van der Waals surface area (Å²) in [5.41, 5.74) is 1.23. The predicted molar refractivity (Wildman–Crippen MR) is 103 cm³/mol. The van der Waals surface area contributed by atoms with E-state index in [0.717, 1.165) is 23.4 Å². The van der Waals surface area contributed by atoms with Gasteiger partial charge in [0, 0.05) is 36.6 Å². The number of rotatable bonds is 4. The maximum atomic E-state index is 13.4. The van der Waals surface area contributed by atoms with E-state index in [9.17, 15) is 13.6 Å². The van der Waals surface area contributed by atoms with Crippen molar-refractivity contribution in [3.63, 3.8) is 0 Å². The number of hydrogen-bond donors (Lipinski definition) is 3. The zero-order chi connectivity index (χ0) is 19.7. The number of aryl methyl sites for hydroxylation is 1. The Morgan fingerprint density at radius 1 is 1.37 bits per heavy atom. The summed E-state index contributed by atoms with van der Waals surface area (Å²) in [4.78, 5) is 13.5. The minimum Gasteiger partial charge on any atom is -0.345 e. The lowest BCUT2D eigenvalue weighted by Gasteiger charge is -2.16. The summed E-state index contributed by atoms with van der Waals surface area (Å²) in [5.74, 6) is -1.95. The summed E-state index contributed by atoms with van der Waals surface area (Å²) in [6.45, 7) is 4.24. The van der Waals surface area contributed by atoms with Gasteiger partial charge in [0.05, 0.1) is 4.90 Å². The van der Waals surface area contributed by atoms with Gasteiger partial charge < -0.3 is 9.88 Å². The van der Waals surface area contributed by atoms with E-state index in [2.05, 4.69) is 23.9 Å². The molecule has 1 aromatic carbocycles. The fourth-order valence-corrected chi connectivity index (χ4v) is 4.34. The number of carbonyl (C=O) groups is 1.